The first kappa shape index (κ1) is 20.8. The third kappa shape index (κ3) is 4.07. The van der Waals surface area contributed by atoms with Crippen molar-refractivity contribution in [3.8, 4) is 5.69 Å². The highest BCUT2D eigenvalue weighted by Crippen LogP contribution is 2.32. The maximum Gasteiger partial charge on any atom is 0.267 e. The summed E-state index contributed by atoms with van der Waals surface area (Å²) >= 11 is 3.14. The molecule has 6 heteroatoms. The fraction of sp³-hybridized carbons (Fsp3) is 0.250. The van der Waals surface area contributed by atoms with E-state index in [2.05, 4.69) is 38.1 Å². The minimum absolute atomic E-state index is 0.0888. The number of fused-ring (bicyclic) bond motifs is 1. The van der Waals surface area contributed by atoms with Gasteiger partial charge in [0, 0.05) is 10.6 Å². The van der Waals surface area contributed by atoms with Gasteiger partial charge in [0.1, 0.15) is 10.6 Å². The molecule has 0 aliphatic heterocycles. The predicted octanol–water partition coefficient (Wildman–Crippen LogP) is 6.45. The third-order valence-corrected chi connectivity index (χ3v) is 7.34. The van der Waals surface area contributed by atoms with Gasteiger partial charge in [-0.1, -0.05) is 54.9 Å². The van der Waals surface area contributed by atoms with Crippen LogP contribution in [-0.2, 0) is 12.2 Å². The SMILES string of the molecule is CCCc1sc2nc(SCc3ccc(C)cc3)n(-c3ccc(F)cc3)c(=O)c2c1C. The molecule has 4 rings (SSSR count). The van der Waals surface area contributed by atoms with Gasteiger partial charge in [-0.2, -0.15) is 0 Å². The Kier molecular flexibility index (Phi) is 6.06. The molecule has 2 aromatic carbocycles. The summed E-state index contributed by atoms with van der Waals surface area (Å²) in [7, 11) is 0. The minimum atomic E-state index is -0.327. The van der Waals surface area contributed by atoms with Gasteiger partial charge in [0.15, 0.2) is 5.16 Å². The van der Waals surface area contributed by atoms with E-state index in [4.69, 9.17) is 4.98 Å². The van der Waals surface area contributed by atoms with Crippen LogP contribution in [0.3, 0.4) is 0 Å². The average Bonchev–Trinajstić information content (AvgIpc) is 3.04. The van der Waals surface area contributed by atoms with Crippen molar-refractivity contribution in [1.82, 2.24) is 9.55 Å². The summed E-state index contributed by atoms with van der Waals surface area (Å²) in [6, 6.07) is 14.4. The molecule has 0 saturated carbocycles. The molecule has 0 aliphatic carbocycles. The number of aryl methyl sites for hydroxylation is 3. The molecule has 2 heterocycles. The van der Waals surface area contributed by atoms with Crippen molar-refractivity contribution in [2.24, 2.45) is 0 Å². The molecule has 0 fully saturated rings. The third-order valence-electron chi connectivity index (χ3n) is 5.08. The van der Waals surface area contributed by atoms with Crippen LogP contribution in [0, 0.1) is 19.7 Å². The van der Waals surface area contributed by atoms with Crippen LogP contribution in [0.2, 0.25) is 0 Å². The Bertz CT molecular complexity index is 1240. The standard InChI is InChI=1S/C24H23FN2OS2/c1-4-5-20-16(3)21-22(30-20)26-24(29-14-17-8-6-15(2)7-9-17)27(23(21)28)19-12-10-18(25)11-13-19/h6-13H,4-5,14H2,1-3H3. The van der Waals surface area contributed by atoms with E-state index < -0.39 is 0 Å². The predicted molar refractivity (Wildman–Crippen MR) is 125 cm³/mol. The van der Waals surface area contributed by atoms with Crippen LogP contribution in [0.4, 0.5) is 4.39 Å². The smallest absolute Gasteiger partial charge is 0.267 e. The number of aromatic nitrogens is 2. The first-order valence-corrected chi connectivity index (χ1v) is 11.8. The summed E-state index contributed by atoms with van der Waals surface area (Å²) in [5, 5.41) is 1.30. The van der Waals surface area contributed by atoms with Gasteiger partial charge in [-0.3, -0.25) is 9.36 Å². The van der Waals surface area contributed by atoms with Crippen LogP contribution in [0.1, 0.15) is 34.9 Å². The maximum absolute atomic E-state index is 13.6. The molecular formula is C24H23FN2OS2. The van der Waals surface area contributed by atoms with Gasteiger partial charge < -0.3 is 0 Å². The zero-order valence-corrected chi connectivity index (χ0v) is 18.9. The molecule has 0 atom stereocenters. The Balaban J connectivity index is 1.85. The van der Waals surface area contributed by atoms with Crippen molar-refractivity contribution < 1.29 is 4.39 Å². The quantitative estimate of drug-likeness (QED) is 0.256. The number of hydrogen-bond acceptors (Lipinski definition) is 4. The molecule has 0 aliphatic rings. The van der Waals surface area contributed by atoms with E-state index in [1.54, 1.807) is 28.0 Å². The number of rotatable bonds is 6. The second-order valence-electron chi connectivity index (χ2n) is 7.37. The first-order valence-electron chi connectivity index (χ1n) is 9.97. The molecule has 2 aromatic heterocycles. The second kappa shape index (κ2) is 8.74. The summed E-state index contributed by atoms with van der Waals surface area (Å²) in [6.45, 7) is 6.20. The van der Waals surface area contributed by atoms with Gasteiger partial charge >= 0.3 is 0 Å². The van der Waals surface area contributed by atoms with E-state index in [-0.39, 0.29) is 11.4 Å². The lowest BCUT2D eigenvalue weighted by atomic mass is 10.1. The molecule has 0 unspecified atom stereocenters. The Morgan fingerprint density at radius 1 is 1.07 bits per heavy atom. The number of hydrogen-bond donors (Lipinski definition) is 0. The summed E-state index contributed by atoms with van der Waals surface area (Å²) in [6.07, 6.45) is 1.96. The zero-order valence-electron chi connectivity index (χ0n) is 17.2. The van der Waals surface area contributed by atoms with Crippen LogP contribution in [0.25, 0.3) is 15.9 Å². The van der Waals surface area contributed by atoms with Gasteiger partial charge in [0.2, 0.25) is 0 Å². The molecule has 154 valence electrons. The van der Waals surface area contributed by atoms with E-state index in [9.17, 15) is 9.18 Å². The Labute approximate surface area is 183 Å². The Morgan fingerprint density at radius 2 is 1.77 bits per heavy atom. The van der Waals surface area contributed by atoms with Gasteiger partial charge in [-0.25, -0.2) is 9.37 Å². The average molecular weight is 439 g/mol. The van der Waals surface area contributed by atoms with Crippen molar-refractivity contribution in [3.05, 3.63) is 86.3 Å². The van der Waals surface area contributed by atoms with E-state index in [1.165, 1.54) is 39.9 Å². The number of benzene rings is 2. The molecule has 0 N–H and O–H groups in total. The molecule has 0 spiro atoms. The van der Waals surface area contributed by atoms with Crippen molar-refractivity contribution in [3.63, 3.8) is 0 Å². The Morgan fingerprint density at radius 3 is 2.43 bits per heavy atom. The van der Waals surface area contributed by atoms with Crippen LogP contribution >= 0.6 is 23.1 Å². The first-order chi connectivity index (χ1) is 14.5. The van der Waals surface area contributed by atoms with E-state index >= 15 is 0 Å². The molecule has 3 nitrogen and oxygen atoms in total. The molecule has 0 radical (unpaired) electrons. The monoisotopic (exact) mass is 438 g/mol. The van der Waals surface area contributed by atoms with Crippen molar-refractivity contribution in [2.45, 2.75) is 44.5 Å². The fourth-order valence-corrected chi connectivity index (χ4v) is 5.71. The number of halogens is 1. The summed E-state index contributed by atoms with van der Waals surface area (Å²) in [5.41, 5.74) is 3.93. The number of thioether (sulfide) groups is 1. The van der Waals surface area contributed by atoms with Crippen molar-refractivity contribution in [2.75, 3.05) is 0 Å². The molecule has 0 amide bonds. The summed E-state index contributed by atoms with van der Waals surface area (Å²) in [5.74, 6) is 0.373. The number of nitrogens with zero attached hydrogens (tertiary/aromatic N) is 2. The van der Waals surface area contributed by atoms with E-state index in [1.807, 2.05) is 6.92 Å². The Hall–Kier alpha value is -2.44. The summed E-state index contributed by atoms with van der Waals surface area (Å²) in [4.78, 5) is 20.4. The van der Waals surface area contributed by atoms with Gasteiger partial charge in [-0.05, 0) is 55.7 Å². The maximum atomic E-state index is 13.6. The van der Waals surface area contributed by atoms with Crippen LogP contribution < -0.4 is 5.56 Å². The van der Waals surface area contributed by atoms with Gasteiger partial charge in [0.25, 0.3) is 5.56 Å². The van der Waals surface area contributed by atoms with Gasteiger partial charge in [-0.15, -0.1) is 11.3 Å². The molecule has 0 saturated heterocycles. The largest absolute Gasteiger partial charge is 0.268 e. The highest BCUT2D eigenvalue weighted by molar-refractivity contribution is 7.98. The summed E-state index contributed by atoms with van der Waals surface area (Å²) < 4.78 is 15.1. The second-order valence-corrected chi connectivity index (χ2v) is 9.39. The molecule has 30 heavy (non-hydrogen) atoms. The highest BCUT2D eigenvalue weighted by atomic mass is 32.2. The van der Waals surface area contributed by atoms with E-state index in [0.29, 0.717) is 22.0 Å². The van der Waals surface area contributed by atoms with Crippen LogP contribution in [0.15, 0.2) is 58.5 Å². The lowest BCUT2D eigenvalue weighted by molar-refractivity contribution is 0.627. The fourth-order valence-electron chi connectivity index (χ4n) is 3.42. The van der Waals surface area contributed by atoms with E-state index in [0.717, 1.165) is 23.2 Å². The highest BCUT2D eigenvalue weighted by Gasteiger charge is 2.19. The lowest BCUT2D eigenvalue weighted by Gasteiger charge is -2.12. The van der Waals surface area contributed by atoms with Crippen LogP contribution in [0.5, 0.6) is 0 Å². The zero-order chi connectivity index (χ0) is 21.3. The van der Waals surface area contributed by atoms with Crippen molar-refractivity contribution in [1.29, 1.82) is 0 Å². The lowest BCUT2D eigenvalue weighted by Crippen LogP contribution is -2.21. The van der Waals surface area contributed by atoms with Crippen LogP contribution in [-0.4, -0.2) is 9.55 Å². The van der Waals surface area contributed by atoms with Crippen molar-refractivity contribution >= 4 is 33.3 Å². The molecular weight excluding hydrogens is 415 g/mol. The minimum Gasteiger partial charge on any atom is -0.268 e. The molecule has 0 bridgehead atoms. The normalized spacial score (nSPS) is 11.3. The number of thiophene rings is 1. The van der Waals surface area contributed by atoms with Gasteiger partial charge in [0.05, 0.1) is 11.1 Å². The molecule has 4 aromatic rings. The topological polar surface area (TPSA) is 34.9 Å².